The fraction of sp³-hybridized carbons (Fsp3) is 0.667. The van der Waals surface area contributed by atoms with E-state index in [0.29, 0.717) is 24.7 Å². The van der Waals surface area contributed by atoms with Gasteiger partial charge in [0.25, 0.3) is 0 Å². The van der Waals surface area contributed by atoms with Gasteiger partial charge in [0.15, 0.2) is 0 Å². The molecular weight excluding hydrogens is 284 g/mol. The predicted molar refractivity (Wildman–Crippen MR) is 75.7 cm³/mol. The van der Waals surface area contributed by atoms with Crippen LogP contribution in [0.2, 0.25) is 0 Å². The molecule has 1 aliphatic rings. The van der Waals surface area contributed by atoms with Crippen molar-refractivity contribution in [2.45, 2.75) is 37.2 Å². The van der Waals surface area contributed by atoms with Crippen molar-refractivity contribution in [3.8, 4) is 0 Å². The molecule has 2 N–H and O–H groups in total. The summed E-state index contributed by atoms with van der Waals surface area (Å²) < 4.78 is 32.0. The second-order valence-electron chi connectivity index (χ2n) is 4.70. The molecule has 2 heterocycles. The molecule has 0 saturated carbocycles. The Hall–Kier alpha value is -0.470. The Morgan fingerprint density at radius 1 is 1.47 bits per heavy atom. The Labute approximate surface area is 118 Å². The minimum atomic E-state index is -3.43. The van der Waals surface area contributed by atoms with E-state index in [0.717, 1.165) is 22.6 Å². The summed E-state index contributed by atoms with van der Waals surface area (Å²) in [4.78, 5) is 2.10. The van der Waals surface area contributed by atoms with Crippen LogP contribution in [0.25, 0.3) is 0 Å². The molecule has 108 valence electrons. The molecule has 2 rings (SSSR count). The third kappa shape index (κ3) is 3.00. The van der Waals surface area contributed by atoms with Crippen LogP contribution >= 0.6 is 11.3 Å². The van der Waals surface area contributed by atoms with Crippen molar-refractivity contribution >= 4 is 21.4 Å². The molecular formula is C12H20N2O3S2. The van der Waals surface area contributed by atoms with E-state index in [4.69, 9.17) is 10.5 Å². The standard InChI is InChI=1S/C12H20N2O3S2/c1-9-12(7-11(8-13)18-9)19(15,16)14(2)10-3-5-17-6-4-10/h7,10H,3-6,8,13H2,1-2H3. The molecule has 0 bridgehead atoms. The SMILES string of the molecule is Cc1sc(CN)cc1S(=O)(=O)N(C)C1CCOCC1. The van der Waals surface area contributed by atoms with Crippen molar-refractivity contribution in [2.75, 3.05) is 20.3 Å². The molecule has 19 heavy (non-hydrogen) atoms. The zero-order chi connectivity index (χ0) is 14.0. The van der Waals surface area contributed by atoms with E-state index in [1.54, 1.807) is 13.1 Å². The third-order valence-electron chi connectivity index (χ3n) is 3.49. The monoisotopic (exact) mass is 304 g/mol. The molecule has 5 nitrogen and oxygen atoms in total. The van der Waals surface area contributed by atoms with Gasteiger partial charge in [0.1, 0.15) is 0 Å². The van der Waals surface area contributed by atoms with Crippen LogP contribution < -0.4 is 5.73 Å². The topological polar surface area (TPSA) is 72.6 Å². The van der Waals surface area contributed by atoms with Gasteiger partial charge in [0.05, 0.1) is 4.90 Å². The Bertz CT molecular complexity index is 533. The van der Waals surface area contributed by atoms with Crippen LogP contribution in [0.4, 0.5) is 0 Å². The summed E-state index contributed by atoms with van der Waals surface area (Å²) >= 11 is 1.45. The van der Waals surface area contributed by atoms with E-state index in [-0.39, 0.29) is 6.04 Å². The first-order valence-electron chi connectivity index (χ1n) is 6.32. The number of rotatable bonds is 4. The molecule has 0 aliphatic carbocycles. The van der Waals surface area contributed by atoms with Crippen molar-refractivity contribution in [1.82, 2.24) is 4.31 Å². The van der Waals surface area contributed by atoms with Gasteiger partial charge in [-0.15, -0.1) is 11.3 Å². The van der Waals surface area contributed by atoms with Crippen LogP contribution in [0.15, 0.2) is 11.0 Å². The Morgan fingerprint density at radius 3 is 2.63 bits per heavy atom. The molecule has 1 aromatic heterocycles. The van der Waals surface area contributed by atoms with E-state index >= 15 is 0 Å². The number of nitrogens with two attached hydrogens (primary N) is 1. The molecule has 0 unspecified atom stereocenters. The lowest BCUT2D eigenvalue weighted by atomic mass is 10.1. The molecule has 0 radical (unpaired) electrons. The van der Waals surface area contributed by atoms with Crippen molar-refractivity contribution < 1.29 is 13.2 Å². The van der Waals surface area contributed by atoms with Gasteiger partial charge >= 0.3 is 0 Å². The fourth-order valence-electron chi connectivity index (χ4n) is 2.28. The number of thiophene rings is 1. The Balaban J connectivity index is 2.27. The highest BCUT2D eigenvalue weighted by atomic mass is 32.2. The maximum Gasteiger partial charge on any atom is 0.244 e. The highest BCUT2D eigenvalue weighted by molar-refractivity contribution is 7.89. The molecule has 0 atom stereocenters. The summed E-state index contributed by atoms with van der Waals surface area (Å²) in [7, 11) is -1.77. The maximum absolute atomic E-state index is 12.6. The number of sulfonamides is 1. The Kier molecular flexibility index (Phi) is 4.62. The zero-order valence-corrected chi connectivity index (χ0v) is 12.9. The van der Waals surface area contributed by atoms with Crippen LogP contribution in [-0.2, 0) is 21.3 Å². The average Bonchev–Trinajstić information content (AvgIpc) is 2.81. The minimum Gasteiger partial charge on any atom is -0.381 e. The average molecular weight is 304 g/mol. The number of nitrogens with zero attached hydrogens (tertiary/aromatic N) is 1. The molecule has 1 aliphatic heterocycles. The third-order valence-corrected chi connectivity index (χ3v) is 6.72. The molecule has 1 saturated heterocycles. The molecule has 0 aromatic carbocycles. The summed E-state index contributed by atoms with van der Waals surface area (Å²) in [6.45, 7) is 3.46. The largest absolute Gasteiger partial charge is 0.381 e. The summed E-state index contributed by atoms with van der Waals surface area (Å²) in [6, 6.07) is 1.73. The molecule has 7 heteroatoms. The van der Waals surface area contributed by atoms with Gasteiger partial charge in [0, 0.05) is 42.6 Å². The highest BCUT2D eigenvalue weighted by Crippen LogP contribution is 2.29. The van der Waals surface area contributed by atoms with Crippen molar-refractivity contribution in [3.05, 3.63) is 15.8 Å². The number of hydrogen-bond acceptors (Lipinski definition) is 5. The summed E-state index contributed by atoms with van der Waals surface area (Å²) in [5, 5.41) is 0. The van der Waals surface area contributed by atoms with E-state index in [9.17, 15) is 8.42 Å². The van der Waals surface area contributed by atoms with Crippen LogP contribution in [0.5, 0.6) is 0 Å². The van der Waals surface area contributed by atoms with Gasteiger partial charge in [-0.2, -0.15) is 4.31 Å². The second-order valence-corrected chi connectivity index (χ2v) is 8.01. The number of hydrogen-bond donors (Lipinski definition) is 1. The van der Waals surface area contributed by atoms with Crippen molar-refractivity contribution in [1.29, 1.82) is 0 Å². The van der Waals surface area contributed by atoms with Crippen LogP contribution in [0.1, 0.15) is 22.6 Å². The molecule has 1 aromatic rings. The lowest BCUT2D eigenvalue weighted by Gasteiger charge is -2.30. The van der Waals surface area contributed by atoms with Gasteiger partial charge in [-0.3, -0.25) is 0 Å². The lowest BCUT2D eigenvalue weighted by Crippen LogP contribution is -2.40. The van der Waals surface area contributed by atoms with Crippen LogP contribution in [0.3, 0.4) is 0 Å². The van der Waals surface area contributed by atoms with E-state index in [2.05, 4.69) is 0 Å². The summed E-state index contributed by atoms with van der Waals surface area (Å²) in [5.74, 6) is 0. The smallest absolute Gasteiger partial charge is 0.244 e. The molecule has 0 spiro atoms. The van der Waals surface area contributed by atoms with Crippen molar-refractivity contribution in [3.63, 3.8) is 0 Å². The summed E-state index contributed by atoms with van der Waals surface area (Å²) in [5.41, 5.74) is 5.58. The fourth-order valence-corrected chi connectivity index (χ4v) is 5.18. The predicted octanol–water partition coefficient (Wildman–Crippen LogP) is 1.31. The molecule has 0 amide bonds. The minimum absolute atomic E-state index is 0.0272. The van der Waals surface area contributed by atoms with Crippen LogP contribution in [0, 0.1) is 6.92 Å². The van der Waals surface area contributed by atoms with E-state index in [1.807, 2.05) is 6.92 Å². The first-order valence-corrected chi connectivity index (χ1v) is 8.57. The molecule has 1 fully saturated rings. The van der Waals surface area contributed by atoms with E-state index < -0.39 is 10.0 Å². The van der Waals surface area contributed by atoms with Gasteiger partial charge in [0.2, 0.25) is 10.0 Å². The van der Waals surface area contributed by atoms with Gasteiger partial charge < -0.3 is 10.5 Å². The number of ether oxygens (including phenoxy) is 1. The Morgan fingerprint density at radius 2 is 2.11 bits per heavy atom. The normalized spacial score (nSPS) is 18.1. The first kappa shape index (κ1) is 14.9. The van der Waals surface area contributed by atoms with E-state index in [1.165, 1.54) is 15.6 Å². The first-order chi connectivity index (χ1) is 8.96. The van der Waals surface area contributed by atoms with Gasteiger partial charge in [-0.05, 0) is 25.8 Å². The lowest BCUT2D eigenvalue weighted by molar-refractivity contribution is 0.0632. The summed E-state index contributed by atoms with van der Waals surface area (Å²) in [6.07, 6.45) is 1.51. The van der Waals surface area contributed by atoms with Gasteiger partial charge in [-0.25, -0.2) is 8.42 Å². The maximum atomic E-state index is 12.6. The van der Waals surface area contributed by atoms with Crippen LogP contribution in [-0.4, -0.2) is 39.0 Å². The highest BCUT2D eigenvalue weighted by Gasteiger charge is 2.31. The quantitative estimate of drug-likeness (QED) is 0.910. The zero-order valence-electron chi connectivity index (χ0n) is 11.3. The number of aryl methyl sites for hydroxylation is 1. The van der Waals surface area contributed by atoms with Gasteiger partial charge in [-0.1, -0.05) is 0 Å². The van der Waals surface area contributed by atoms with Crippen molar-refractivity contribution in [2.24, 2.45) is 5.73 Å². The second kappa shape index (κ2) is 5.88.